The molecule has 7 rings (SSSR count). The van der Waals surface area contributed by atoms with Crippen LogP contribution in [0.5, 0.6) is 0 Å². The largest absolute Gasteiger partial charge is 0.462 e. The van der Waals surface area contributed by atoms with Crippen LogP contribution in [0.25, 0.3) is 0 Å². The molecule has 0 aromatic rings. The maximum atomic E-state index is 14.4. The monoisotopic (exact) mass is 875 g/mol. The van der Waals surface area contributed by atoms with Crippen LogP contribution in [-0.2, 0) is 47.4 Å². The van der Waals surface area contributed by atoms with E-state index in [1.807, 2.05) is 19.1 Å². The van der Waals surface area contributed by atoms with Crippen LogP contribution in [0.1, 0.15) is 99.8 Å². The molecule has 5 fully saturated rings. The Morgan fingerprint density at radius 1 is 0.952 bits per heavy atom. The SMILES string of the molecule is CC[C@H](C)[C@H]1O[C@]2(CC[C@@H]1C)C[C@@H]1C[C@@H](C/C=C(\C)C(O[C@H]3C[C@H](OC)C(O[C@H]4C[C@H](OC)[C@@H](O)[C@H](C)O4)CO3)[C@@H](C)/C=C/C=C3\CO[C@@H]4[C@H](O)C(C)=CC(C(=O)O1)[C@]34O)[C@H]2O. The Bertz CT molecular complexity index is 1680. The molecule has 62 heavy (non-hydrogen) atoms. The summed E-state index contributed by atoms with van der Waals surface area (Å²) in [5, 5.41) is 46.6. The van der Waals surface area contributed by atoms with Crippen LogP contribution in [0.2, 0.25) is 0 Å². The van der Waals surface area contributed by atoms with Crippen molar-refractivity contribution in [3.63, 3.8) is 0 Å². The molecule has 5 aliphatic heterocycles. The molecule has 1 saturated carbocycles. The van der Waals surface area contributed by atoms with Crippen molar-refractivity contribution in [2.75, 3.05) is 27.4 Å². The lowest BCUT2D eigenvalue weighted by Crippen LogP contribution is -2.61. The fourth-order valence-electron chi connectivity index (χ4n) is 11.3. The zero-order valence-corrected chi connectivity index (χ0v) is 38.2. The molecular weight excluding hydrogens is 801 g/mol. The van der Waals surface area contributed by atoms with Crippen molar-refractivity contribution >= 4 is 5.97 Å². The number of carbonyl (C=O) groups is 1. The van der Waals surface area contributed by atoms with Crippen LogP contribution in [-0.4, -0.2) is 145 Å². The number of aliphatic hydroxyl groups excluding tert-OH is 3. The molecule has 0 amide bonds. The lowest BCUT2D eigenvalue weighted by Gasteiger charge is -2.54. The van der Waals surface area contributed by atoms with Crippen molar-refractivity contribution in [3.8, 4) is 0 Å². The first-order chi connectivity index (χ1) is 29.5. The van der Waals surface area contributed by atoms with Crippen LogP contribution in [0.4, 0.5) is 0 Å². The van der Waals surface area contributed by atoms with E-state index in [4.69, 9.17) is 42.6 Å². The van der Waals surface area contributed by atoms with Crippen molar-refractivity contribution in [3.05, 3.63) is 47.1 Å². The van der Waals surface area contributed by atoms with Gasteiger partial charge in [0.1, 0.15) is 42.0 Å². The van der Waals surface area contributed by atoms with Gasteiger partial charge in [0, 0.05) is 39.4 Å². The average Bonchev–Trinajstić information content (AvgIpc) is 3.59. The molecule has 0 aromatic carbocycles. The van der Waals surface area contributed by atoms with Gasteiger partial charge in [-0.3, -0.25) is 4.79 Å². The van der Waals surface area contributed by atoms with Gasteiger partial charge in [-0.25, -0.2) is 0 Å². The standard InChI is InChI=1S/C48H74O14/c1-10-25(2)43-28(5)16-17-47(62-43)22-33-19-31(44(47)51)15-14-27(4)42(61-38-20-35(54-8)37(24-56-38)60-39-21-36(55-9)41(50)30(7)58-39)26(3)12-11-13-32-23-57-45-40(49)29(6)18-34(46(52)59-33)48(32,45)53/h11-14,18,25-26,28,30-31,33-45,49-51,53H,10,15-17,19-24H2,1-9H3/b12-11+,27-14+,32-13+/t25-,26-,28-,30-,31+,33-,34?,35-,36-,37?,38-,39-,40+,41-,42?,43+,44+,45+,47+,48+/m0/s1. The Balaban J connectivity index is 1.18. The predicted molar refractivity (Wildman–Crippen MR) is 227 cm³/mol. The molecule has 14 heteroatoms. The maximum Gasteiger partial charge on any atom is 0.316 e. The van der Waals surface area contributed by atoms with Gasteiger partial charge in [-0.05, 0) is 80.9 Å². The number of hydrogen-bond acceptors (Lipinski definition) is 14. The number of rotatable bonds is 8. The summed E-state index contributed by atoms with van der Waals surface area (Å²) in [6, 6.07) is 0. The lowest BCUT2D eigenvalue weighted by atomic mass is 9.67. The van der Waals surface area contributed by atoms with E-state index in [-0.39, 0.29) is 43.2 Å². The zero-order chi connectivity index (χ0) is 44.7. The maximum absolute atomic E-state index is 14.4. The predicted octanol–water partition coefficient (Wildman–Crippen LogP) is 4.85. The van der Waals surface area contributed by atoms with Crippen molar-refractivity contribution in [1.82, 2.24) is 0 Å². The highest BCUT2D eigenvalue weighted by molar-refractivity contribution is 5.78. The van der Waals surface area contributed by atoms with E-state index < -0.39 is 90.6 Å². The van der Waals surface area contributed by atoms with Crippen molar-refractivity contribution in [2.45, 2.75) is 191 Å². The van der Waals surface area contributed by atoms with Gasteiger partial charge in [0.25, 0.3) is 0 Å². The summed E-state index contributed by atoms with van der Waals surface area (Å²) < 4.78 is 56.5. The van der Waals surface area contributed by atoms with Gasteiger partial charge in [-0.15, -0.1) is 0 Å². The summed E-state index contributed by atoms with van der Waals surface area (Å²) in [4.78, 5) is 14.4. The van der Waals surface area contributed by atoms with E-state index in [0.29, 0.717) is 55.6 Å². The van der Waals surface area contributed by atoms with E-state index in [9.17, 15) is 25.2 Å². The normalized spacial score (nSPS) is 49.4. The van der Waals surface area contributed by atoms with Crippen LogP contribution in [0, 0.1) is 29.6 Å². The average molecular weight is 875 g/mol. The Morgan fingerprint density at radius 3 is 2.42 bits per heavy atom. The lowest BCUT2D eigenvalue weighted by molar-refractivity contribution is -0.303. The molecule has 4 N–H and O–H groups in total. The number of hydrogen-bond donors (Lipinski definition) is 4. The summed E-state index contributed by atoms with van der Waals surface area (Å²) in [5.41, 5.74) is -0.815. The number of fused-ring (bicyclic) bond motifs is 2. The molecule has 350 valence electrons. The summed E-state index contributed by atoms with van der Waals surface area (Å²) in [6.07, 6.45) is 6.03. The molecular formula is C48H74O14. The minimum absolute atomic E-state index is 0.0274. The minimum atomic E-state index is -1.84. The van der Waals surface area contributed by atoms with Crippen molar-refractivity contribution < 1.29 is 67.9 Å². The Hall–Kier alpha value is -2.05. The van der Waals surface area contributed by atoms with Crippen molar-refractivity contribution in [1.29, 1.82) is 0 Å². The number of ether oxygens (including phenoxy) is 9. The van der Waals surface area contributed by atoms with E-state index in [1.54, 1.807) is 40.2 Å². The first-order valence-electron chi connectivity index (χ1n) is 23.2. The van der Waals surface area contributed by atoms with Crippen LogP contribution >= 0.6 is 0 Å². The highest BCUT2D eigenvalue weighted by atomic mass is 16.7. The third-order valence-corrected chi connectivity index (χ3v) is 15.4. The minimum Gasteiger partial charge on any atom is -0.462 e. The smallest absolute Gasteiger partial charge is 0.316 e. The Labute approximate surface area is 367 Å². The fourth-order valence-corrected chi connectivity index (χ4v) is 11.3. The molecule has 0 aromatic heterocycles. The molecule has 20 atom stereocenters. The zero-order valence-electron chi connectivity index (χ0n) is 38.2. The Kier molecular flexibility index (Phi) is 15.3. The van der Waals surface area contributed by atoms with E-state index in [0.717, 1.165) is 18.4 Å². The third kappa shape index (κ3) is 9.46. The second kappa shape index (κ2) is 19.8. The van der Waals surface area contributed by atoms with Gasteiger partial charge in [-0.1, -0.05) is 64.5 Å². The second-order valence-corrected chi connectivity index (χ2v) is 19.5. The first kappa shape index (κ1) is 47.9. The number of aliphatic hydroxyl groups is 4. The summed E-state index contributed by atoms with van der Waals surface area (Å²) in [6.45, 7) is 14.4. The quantitative estimate of drug-likeness (QED) is 0.192. The van der Waals surface area contributed by atoms with Crippen LogP contribution < -0.4 is 0 Å². The van der Waals surface area contributed by atoms with Gasteiger partial charge in [0.15, 0.2) is 12.6 Å². The number of allylic oxidation sites excluding steroid dienone is 3. The highest BCUT2D eigenvalue weighted by Crippen LogP contribution is 2.50. The van der Waals surface area contributed by atoms with Gasteiger partial charge < -0.3 is 63.1 Å². The molecule has 14 nitrogen and oxygen atoms in total. The fraction of sp³-hybridized carbons (Fsp3) is 0.812. The summed E-state index contributed by atoms with van der Waals surface area (Å²) in [5.74, 6) is -1.62. The number of carbonyl (C=O) groups excluding carboxylic acids is 1. The molecule has 2 aliphatic carbocycles. The van der Waals surface area contributed by atoms with E-state index >= 15 is 0 Å². The van der Waals surface area contributed by atoms with Gasteiger partial charge in [0.05, 0.1) is 55.4 Å². The van der Waals surface area contributed by atoms with E-state index in [1.165, 1.54) is 0 Å². The number of methoxy groups -OCH3 is 2. The molecule has 3 unspecified atom stereocenters. The molecule has 1 spiro atoms. The molecule has 0 radical (unpaired) electrons. The van der Waals surface area contributed by atoms with Gasteiger partial charge in [0.2, 0.25) is 0 Å². The molecule has 4 saturated heterocycles. The Morgan fingerprint density at radius 2 is 1.69 bits per heavy atom. The van der Waals surface area contributed by atoms with Gasteiger partial charge in [-0.2, -0.15) is 0 Å². The first-order valence-corrected chi connectivity index (χ1v) is 23.2. The second-order valence-electron chi connectivity index (χ2n) is 19.5. The molecule has 5 heterocycles. The molecule has 2 bridgehead atoms. The highest BCUT2D eigenvalue weighted by Gasteiger charge is 2.60. The summed E-state index contributed by atoms with van der Waals surface area (Å²) >= 11 is 0. The topological polar surface area (TPSA) is 181 Å². The van der Waals surface area contributed by atoms with Crippen molar-refractivity contribution in [2.24, 2.45) is 29.6 Å². The van der Waals surface area contributed by atoms with E-state index in [2.05, 4.69) is 33.8 Å². The van der Waals surface area contributed by atoms with Crippen LogP contribution in [0.3, 0.4) is 0 Å². The van der Waals surface area contributed by atoms with Gasteiger partial charge >= 0.3 is 5.97 Å². The summed E-state index contributed by atoms with van der Waals surface area (Å²) in [7, 11) is 3.20. The number of esters is 1. The molecule has 7 aliphatic rings. The third-order valence-electron chi connectivity index (χ3n) is 15.4. The van der Waals surface area contributed by atoms with Crippen LogP contribution in [0.15, 0.2) is 47.1 Å².